The second kappa shape index (κ2) is 7.32. The summed E-state index contributed by atoms with van der Waals surface area (Å²) in [5.41, 5.74) is 2.83. The molecule has 0 amide bonds. The number of halogens is 1. The fourth-order valence-corrected chi connectivity index (χ4v) is 3.68. The number of anilines is 1. The Balaban J connectivity index is 1.53. The van der Waals surface area contributed by atoms with Crippen molar-refractivity contribution < 1.29 is 9.84 Å². The Bertz CT molecular complexity index is 724. The maximum absolute atomic E-state index is 9.30. The lowest BCUT2D eigenvalue weighted by Gasteiger charge is -2.29. The summed E-state index contributed by atoms with van der Waals surface area (Å²) >= 11 is 6.13. The van der Waals surface area contributed by atoms with Gasteiger partial charge >= 0.3 is 0 Å². The number of aliphatic hydroxyl groups excluding tert-OH is 1. The van der Waals surface area contributed by atoms with Crippen LogP contribution >= 0.6 is 11.6 Å². The molecule has 0 bridgehead atoms. The predicted molar refractivity (Wildman–Crippen MR) is 96.8 cm³/mol. The van der Waals surface area contributed by atoms with Gasteiger partial charge < -0.3 is 15.2 Å². The number of ether oxygens (including phenoxy) is 1. The standard InChI is InChI=1S/C18H23ClN4O2/c19-18-7-17(21-13-3-1-12(9-24)2-4-13)15(8-20-18)16-5-6-23(22-16)14-10-25-11-14/h5-8,12-14,24H,1-4,9-11H2,(H,20,21). The monoisotopic (exact) mass is 362 g/mol. The van der Waals surface area contributed by atoms with Gasteiger partial charge in [-0.15, -0.1) is 0 Å². The van der Waals surface area contributed by atoms with Gasteiger partial charge in [0.15, 0.2) is 0 Å². The van der Waals surface area contributed by atoms with E-state index in [-0.39, 0.29) is 0 Å². The second-order valence-corrected chi connectivity index (χ2v) is 7.36. The van der Waals surface area contributed by atoms with E-state index in [2.05, 4.69) is 10.3 Å². The molecule has 1 saturated heterocycles. The third kappa shape index (κ3) is 3.66. The number of aliphatic hydroxyl groups is 1. The van der Waals surface area contributed by atoms with Gasteiger partial charge in [0.2, 0.25) is 0 Å². The summed E-state index contributed by atoms with van der Waals surface area (Å²) in [5.74, 6) is 0.443. The third-order valence-corrected chi connectivity index (χ3v) is 5.42. The molecule has 2 aromatic rings. The van der Waals surface area contributed by atoms with Crippen LogP contribution in [-0.4, -0.2) is 45.7 Å². The molecule has 2 aromatic heterocycles. The Kier molecular flexibility index (Phi) is 4.92. The first-order chi connectivity index (χ1) is 12.2. The number of rotatable bonds is 5. The van der Waals surface area contributed by atoms with Crippen molar-refractivity contribution in [1.82, 2.24) is 14.8 Å². The number of aromatic nitrogens is 3. The third-order valence-electron chi connectivity index (χ3n) is 5.21. The van der Waals surface area contributed by atoms with E-state index in [0.717, 1.165) is 55.8 Å². The zero-order valence-electron chi connectivity index (χ0n) is 14.1. The van der Waals surface area contributed by atoms with Crippen molar-refractivity contribution in [2.75, 3.05) is 25.1 Å². The van der Waals surface area contributed by atoms with Gasteiger partial charge in [0, 0.05) is 36.3 Å². The lowest BCUT2D eigenvalue weighted by atomic mass is 9.86. The van der Waals surface area contributed by atoms with E-state index in [4.69, 9.17) is 21.4 Å². The van der Waals surface area contributed by atoms with Gasteiger partial charge in [-0.3, -0.25) is 4.68 Å². The molecule has 6 nitrogen and oxygen atoms in total. The summed E-state index contributed by atoms with van der Waals surface area (Å²) in [4.78, 5) is 4.24. The SMILES string of the molecule is OCC1CCC(Nc2cc(Cl)ncc2-c2ccn(C3COC3)n2)CC1. The van der Waals surface area contributed by atoms with Crippen molar-refractivity contribution in [2.45, 2.75) is 37.8 Å². The Morgan fingerprint density at radius 1 is 1.28 bits per heavy atom. The Morgan fingerprint density at radius 3 is 2.76 bits per heavy atom. The Labute approximate surface area is 152 Å². The summed E-state index contributed by atoms with van der Waals surface area (Å²) in [7, 11) is 0. The van der Waals surface area contributed by atoms with Crippen LogP contribution in [0.2, 0.25) is 5.15 Å². The largest absolute Gasteiger partial charge is 0.396 e. The van der Waals surface area contributed by atoms with E-state index in [1.165, 1.54) is 0 Å². The van der Waals surface area contributed by atoms with E-state index in [0.29, 0.717) is 29.8 Å². The van der Waals surface area contributed by atoms with Crippen LogP contribution < -0.4 is 5.32 Å². The highest BCUT2D eigenvalue weighted by molar-refractivity contribution is 6.29. The molecule has 2 aliphatic rings. The molecular formula is C18H23ClN4O2. The molecule has 25 heavy (non-hydrogen) atoms. The molecule has 1 aliphatic heterocycles. The highest BCUT2D eigenvalue weighted by atomic mass is 35.5. The zero-order valence-corrected chi connectivity index (χ0v) is 14.8. The summed E-state index contributed by atoms with van der Waals surface area (Å²) in [5, 5.41) is 18.1. The molecule has 2 fully saturated rings. The van der Waals surface area contributed by atoms with Crippen LogP contribution in [0.3, 0.4) is 0 Å². The van der Waals surface area contributed by atoms with Crippen LogP contribution in [0.1, 0.15) is 31.7 Å². The van der Waals surface area contributed by atoms with E-state index in [9.17, 15) is 5.11 Å². The Morgan fingerprint density at radius 2 is 2.08 bits per heavy atom. The Hall–Kier alpha value is -1.63. The van der Waals surface area contributed by atoms with Crippen LogP contribution in [0.15, 0.2) is 24.5 Å². The topological polar surface area (TPSA) is 72.2 Å². The van der Waals surface area contributed by atoms with Gasteiger partial charge in [0.1, 0.15) is 5.15 Å². The van der Waals surface area contributed by atoms with Crippen LogP contribution in [0, 0.1) is 5.92 Å². The van der Waals surface area contributed by atoms with E-state index in [1.54, 1.807) is 6.20 Å². The highest BCUT2D eigenvalue weighted by Crippen LogP contribution is 2.32. The zero-order chi connectivity index (χ0) is 17.2. The van der Waals surface area contributed by atoms with E-state index >= 15 is 0 Å². The first-order valence-electron chi connectivity index (χ1n) is 8.89. The summed E-state index contributed by atoms with van der Waals surface area (Å²) in [6, 6.07) is 4.61. The molecule has 4 rings (SSSR count). The smallest absolute Gasteiger partial charge is 0.131 e. The fourth-order valence-electron chi connectivity index (χ4n) is 3.52. The van der Waals surface area contributed by atoms with Gasteiger partial charge in [-0.2, -0.15) is 5.10 Å². The lowest BCUT2D eigenvalue weighted by molar-refractivity contribution is -0.0285. The number of hydrogen-bond acceptors (Lipinski definition) is 5. The van der Waals surface area contributed by atoms with Crippen LogP contribution in [0.5, 0.6) is 0 Å². The highest BCUT2D eigenvalue weighted by Gasteiger charge is 2.24. The molecular weight excluding hydrogens is 340 g/mol. The second-order valence-electron chi connectivity index (χ2n) is 6.97. The van der Waals surface area contributed by atoms with Crippen LogP contribution in [0.25, 0.3) is 11.3 Å². The van der Waals surface area contributed by atoms with Crippen molar-refractivity contribution in [2.24, 2.45) is 5.92 Å². The van der Waals surface area contributed by atoms with E-state index < -0.39 is 0 Å². The molecule has 1 aliphatic carbocycles. The van der Waals surface area contributed by atoms with Crippen molar-refractivity contribution in [1.29, 1.82) is 0 Å². The molecule has 0 unspecified atom stereocenters. The number of pyridine rings is 1. The molecule has 2 N–H and O–H groups in total. The van der Waals surface area contributed by atoms with Gasteiger partial charge in [-0.25, -0.2) is 4.98 Å². The summed E-state index contributed by atoms with van der Waals surface area (Å²) in [6.07, 6.45) is 8.00. The maximum Gasteiger partial charge on any atom is 0.131 e. The maximum atomic E-state index is 9.30. The number of nitrogens with one attached hydrogen (secondary N) is 1. The molecule has 0 radical (unpaired) electrons. The lowest BCUT2D eigenvalue weighted by Crippen LogP contribution is -2.30. The number of hydrogen-bond donors (Lipinski definition) is 2. The summed E-state index contributed by atoms with van der Waals surface area (Å²) < 4.78 is 7.20. The molecule has 7 heteroatoms. The average molecular weight is 363 g/mol. The predicted octanol–water partition coefficient (Wildman–Crippen LogP) is 3.13. The van der Waals surface area contributed by atoms with Gasteiger partial charge in [0.25, 0.3) is 0 Å². The minimum atomic E-state index is 0.293. The molecule has 0 atom stereocenters. The van der Waals surface area contributed by atoms with Crippen molar-refractivity contribution >= 4 is 17.3 Å². The molecule has 134 valence electrons. The van der Waals surface area contributed by atoms with Gasteiger partial charge in [0.05, 0.1) is 24.9 Å². The van der Waals surface area contributed by atoms with Crippen molar-refractivity contribution in [3.63, 3.8) is 0 Å². The minimum Gasteiger partial charge on any atom is -0.396 e. The van der Waals surface area contributed by atoms with Crippen molar-refractivity contribution in [3.05, 3.63) is 29.7 Å². The quantitative estimate of drug-likeness (QED) is 0.799. The van der Waals surface area contributed by atoms with Crippen LogP contribution in [0.4, 0.5) is 5.69 Å². The molecule has 3 heterocycles. The fraction of sp³-hybridized carbons (Fsp3) is 0.556. The first kappa shape index (κ1) is 16.8. The first-order valence-corrected chi connectivity index (χ1v) is 9.27. The van der Waals surface area contributed by atoms with Crippen molar-refractivity contribution in [3.8, 4) is 11.3 Å². The summed E-state index contributed by atoms with van der Waals surface area (Å²) in [6.45, 7) is 1.74. The average Bonchev–Trinajstić information content (AvgIpc) is 3.03. The molecule has 0 spiro atoms. The van der Waals surface area contributed by atoms with Gasteiger partial charge in [-0.1, -0.05) is 11.6 Å². The normalized spacial score (nSPS) is 24.1. The number of nitrogens with zero attached hydrogens (tertiary/aromatic N) is 3. The van der Waals surface area contributed by atoms with Crippen LogP contribution in [-0.2, 0) is 4.74 Å². The van der Waals surface area contributed by atoms with Gasteiger partial charge in [-0.05, 0) is 43.7 Å². The molecule has 0 aromatic carbocycles. The van der Waals surface area contributed by atoms with E-state index in [1.807, 2.05) is 23.0 Å². The minimum absolute atomic E-state index is 0.293. The molecule has 1 saturated carbocycles.